The summed E-state index contributed by atoms with van der Waals surface area (Å²) in [4.78, 5) is 39.2. The van der Waals surface area contributed by atoms with Gasteiger partial charge in [0.1, 0.15) is 47.7 Å². The number of rotatable bonds is 18. The number of carbonyl (C=O) groups is 3. The van der Waals surface area contributed by atoms with E-state index in [1.165, 1.54) is 80.1 Å². The summed E-state index contributed by atoms with van der Waals surface area (Å²) in [6.45, 7) is 15.8. The molecule has 3 heterocycles. The zero-order chi connectivity index (χ0) is 55.9. The highest BCUT2D eigenvalue weighted by Crippen LogP contribution is 2.31. The van der Waals surface area contributed by atoms with Gasteiger partial charge in [-0.3, -0.25) is 4.79 Å². The molecule has 8 rings (SSSR count). The summed E-state index contributed by atoms with van der Waals surface area (Å²) in [6, 6.07) is 10.4. The average Bonchev–Trinajstić information content (AvgIpc) is 4.24. The number of benzene rings is 2. The largest absolute Gasteiger partial charge is 0.473 e. The van der Waals surface area contributed by atoms with Gasteiger partial charge in [0.15, 0.2) is 0 Å². The van der Waals surface area contributed by atoms with Crippen LogP contribution in [0.1, 0.15) is 161 Å². The molecular formula is C58H83ClF4N8O7. The summed E-state index contributed by atoms with van der Waals surface area (Å²) < 4.78 is 80.5. The van der Waals surface area contributed by atoms with Gasteiger partial charge in [0.25, 0.3) is 0 Å². The number of ether oxygens (including phenoxy) is 4. The Bertz CT molecular complexity index is 2600. The Morgan fingerprint density at radius 3 is 1.46 bits per heavy atom. The standard InChI is InChI=1S/C23H31F2N3O3.C19H24F2N2O.C16H27N3O3.ClH/c1-23(2,3)31-22(29)27(4)14-19-12-21(28(26-19)13-16-7-5-6-8-16)30-15-17-11-18(24)9-10-20(17)25;1-2-5-17-11-19(23(22-17)12-14-6-3-4-7-14)24-13-15-10-16(20)8-9-18(15)21;1-16(2,3)22-15(21)18(4)11-13-9-14(20)19(17-13)10-12-7-5-6-8-12;/h9-12,16H,5-8,13-15H2,1-4H3;8-11,14H,2-7,12-13H2,1H3;12H,5-11H2,1-4H3;1H. The van der Waals surface area contributed by atoms with Crippen molar-refractivity contribution in [2.75, 3.05) is 27.2 Å². The van der Waals surface area contributed by atoms with E-state index in [0.29, 0.717) is 54.7 Å². The molecule has 0 spiro atoms. The molecule has 0 radical (unpaired) electrons. The van der Waals surface area contributed by atoms with Gasteiger partial charge in [-0.2, -0.15) is 15.3 Å². The molecule has 0 unspecified atom stereocenters. The maximum absolute atomic E-state index is 14.0. The van der Waals surface area contributed by atoms with Crippen LogP contribution in [0, 0.1) is 41.0 Å². The van der Waals surface area contributed by atoms with Crippen molar-refractivity contribution in [3.05, 3.63) is 94.3 Å². The number of carbonyl (C=O) groups excluding carboxylic acids is 3. The van der Waals surface area contributed by atoms with Gasteiger partial charge in [-0.15, -0.1) is 12.4 Å². The van der Waals surface area contributed by atoms with Gasteiger partial charge in [-0.05, 0) is 141 Å². The predicted octanol–water partition coefficient (Wildman–Crippen LogP) is 13.2. The van der Waals surface area contributed by atoms with Crippen molar-refractivity contribution >= 4 is 36.2 Å². The molecule has 0 atom stereocenters. The highest BCUT2D eigenvalue weighted by atomic mass is 35.5. The van der Waals surface area contributed by atoms with Gasteiger partial charge in [-0.1, -0.05) is 51.9 Å². The van der Waals surface area contributed by atoms with Gasteiger partial charge >= 0.3 is 12.2 Å². The van der Waals surface area contributed by atoms with Crippen LogP contribution in [0.3, 0.4) is 0 Å². The van der Waals surface area contributed by atoms with Crippen LogP contribution in [0.15, 0.2) is 53.6 Å². The molecule has 3 fully saturated rings. The van der Waals surface area contributed by atoms with E-state index in [4.69, 9.17) is 18.9 Å². The fraction of sp³-hybridized carbons (Fsp3) is 0.621. The minimum Gasteiger partial charge on any atom is -0.473 e. The first kappa shape index (κ1) is 63.0. The molecular weight excluding hydrogens is 1030 g/mol. The second-order valence-electron chi connectivity index (χ2n) is 23.1. The van der Waals surface area contributed by atoms with Crippen LogP contribution in [0.25, 0.3) is 0 Å². The second kappa shape index (κ2) is 29.4. The lowest BCUT2D eigenvalue weighted by atomic mass is 10.1. The topological polar surface area (TPSA) is 146 Å². The third-order valence-corrected chi connectivity index (χ3v) is 13.7. The highest BCUT2D eigenvalue weighted by Gasteiger charge is 2.30. The smallest absolute Gasteiger partial charge is 0.410 e. The summed E-state index contributed by atoms with van der Waals surface area (Å²) in [5, 5.41) is 15.3. The number of hydrogen-bond acceptors (Lipinski definition) is 10. The molecule has 0 bridgehead atoms. The molecule has 2 aromatic carbocycles. The number of hydrogen-bond donors (Lipinski definition) is 0. The Morgan fingerprint density at radius 1 is 0.615 bits per heavy atom. The quantitative estimate of drug-likeness (QED) is 0.0889. The minimum absolute atomic E-state index is 0. The van der Waals surface area contributed by atoms with Crippen molar-refractivity contribution in [3.63, 3.8) is 0 Å². The van der Waals surface area contributed by atoms with Crippen LogP contribution in [0.2, 0.25) is 0 Å². The average molecular weight is 1120 g/mol. The van der Waals surface area contributed by atoms with Crippen LogP contribution < -0.4 is 9.47 Å². The molecule has 3 saturated carbocycles. The van der Waals surface area contributed by atoms with Crippen LogP contribution in [0.5, 0.6) is 11.8 Å². The van der Waals surface area contributed by atoms with Crippen molar-refractivity contribution < 1.29 is 50.9 Å². The summed E-state index contributed by atoms with van der Waals surface area (Å²) in [7, 11) is 3.31. The summed E-state index contributed by atoms with van der Waals surface area (Å²) in [5.41, 5.74) is 1.62. The SMILES string of the molecule is CCCc1cc(OCc2cc(F)ccc2F)n(CC2CCCC2)n1.CN(CC1=NN(CC2CCCC2)C(=O)C1)C(=O)OC(C)(C)C.CN(Cc1cc(OCc2cc(F)ccc2F)n(CC2CCCC2)n1)C(=O)OC(C)(C)C.Cl. The normalized spacial score (nSPS) is 16.0. The zero-order valence-electron chi connectivity index (χ0n) is 47.3. The Morgan fingerprint density at radius 2 is 1.03 bits per heavy atom. The van der Waals surface area contributed by atoms with E-state index < -0.39 is 46.7 Å². The van der Waals surface area contributed by atoms with Crippen LogP contribution in [-0.4, -0.2) is 96.6 Å². The second-order valence-corrected chi connectivity index (χ2v) is 23.1. The van der Waals surface area contributed by atoms with Crippen molar-refractivity contribution in [3.8, 4) is 11.8 Å². The van der Waals surface area contributed by atoms with Crippen molar-refractivity contribution in [2.45, 2.75) is 189 Å². The van der Waals surface area contributed by atoms with Gasteiger partial charge < -0.3 is 28.7 Å². The lowest BCUT2D eigenvalue weighted by Gasteiger charge is -2.24. The summed E-state index contributed by atoms with van der Waals surface area (Å²) >= 11 is 0. The molecule has 15 nitrogen and oxygen atoms in total. The molecule has 3 aliphatic carbocycles. The van der Waals surface area contributed by atoms with Gasteiger partial charge in [0, 0.05) is 57.0 Å². The first-order chi connectivity index (χ1) is 36.5. The monoisotopic (exact) mass is 1110 g/mol. The molecule has 3 amide bonds. The third-order valence-electron chi connectivity index (χ3n) is 13.7. The highest BCUT2D eigenvalue weighted by molar-refractivity contribution is 6.06. The fourth-order valence-electron chi connectivity index (χ4n) is 9.86. The van der Waals surface area contributed by atoms with Crippen LogP contribution in [0.4, 0.5) is 27.2 Å². The first-order valence-electron chi connectivity index (χ1n) is 27.5. The molecule has 432 valence electrons. The van der Waals surface area contributed by atoms with E-state index >= 15 is 0 Å². The number of hydrazone groups is 1. The van der Waals surface area contributed by atoms with E-state index in [1.54, 1.807) is 29.9 Å². The molecule has 0 N–H and O–H groups in total. The Balaban J connectivity index is 0.000000218. The Labute approximate surface area is 464 Å². The van der Waals surface area contributed by atoms with Gasteiger partial charge in [-0.25, -0.2) is 41.5 Å². The van der Waals surface area contributed by atoms with Gasteiger partial charge in [0.05, 0.1) is 36.6 Å². The number of amides is 3. The van der Waals surface area contributed by atoms with E-state index in [-0.39, 0.29) is 49.2 Å². The minimum atomic E-state index is -0.587. The molecule has 78 heavy (non-hydrogen) atoms. The van der Waals surface area contributed by atoms with E-state index in [2.05, 4.69) is 22.2 Å². The van der Waals surface area contributed by atoms with Crippen LogP contribution in [-0.2, 0) is 53.5 Å². The molecule has 4 aliphatic rings. The predicted molar refractivity (Wildman–Crippen MR) is 293 cm³/mol. The lowest BCUT2D eigenvalue weighted by molar-refractivity contribution is -0.129. The van der Waals surface area contributed by atoms with Crippen molar-refractivity contribution in [2.24, 2.45) is 22.9 Å². The molecule has 4 aromatic rings. The number of halogens is 5. The molecule has 2 aromatic heterocycles. The maximum atomic E-state index is 14.0. The Kier molecular flexibility index (Phi) is 23.7. The zero-order valence-corrected chi connectivity index (χ0v) is 48.1. The van der Waals surface area contributed by atoms with E-state index in [1.807, 2.05) is 52.3 Å². The fourth-order valence-corrected chi connectivity index (χ4v) is 9.86. The first-order valence-corrected chi connectivity index (χ1v) is 27.5. The summed E-state index contributed by atoms with van der Waals surface area (Å²) in [6.07, 6.45) is 15.9. The van der Waals surface area contributed by atoms with E-state index in [0.717, 1.165) is 80.5 Å². The number of nitrogens with zero attached hydrogens (tertiary/aromatic N) is 8. The maximum Gasteiger partial charge on any atom is 0.410 e. The summed E-state index contributed by atoms with van der Waals surface area (Å²) in [5.74, 6) is 0.935. The molecule has 1 aliphatic heterocycles. The van der Waals surface area contributed by atoms with Crippen molar-refractivity contribution in [1.29, 1.82) is 0 Å². The molecule has 20 heteroatoms. The van der Waals surface area contributed by atoms with Crippen LogP contribution >= 0.6 is 12.4 Å². The number of aryl methyl sites for hydroxylation is 1. The lowest BCUT2D eigenvalue weighted by Crippen LogP contribution is -2.37. The van der Waals surface area contributed by atoms with E-state index in [9.17, 15) is 31.9 Å². The Hall–Kier alpha value is -5.85. The molecule has 0 saturated heterocycles. The van der Waals surface area contributed by atoms with Gasteiger partial charge in [0.2, 0.25) is 17.7 Å². The number of aromatic nitrogens is 4. The van der Waals surface area contributed by atoms with Crippen molar-refractivity contribution in [1.82, 2.24) is 34.4 Å². The third kappa shape index (κ3) is 20.4.